The monoisotopic (exact) mass is 183 g/mol. The fraction of sp³-hybridized carbons (Fsp3) is 1.00. The summed E-state index contributed by atoms with van der Waals surface area (Å²) in [5.74, 6) is 1.02. The molecule has 2 aliphatic rings. The van der Waals surface area contributed by atoms with Crippen LogP contribution in [-0.4, -0.2) is 24.0 Å². The molecule has 2 heterocycles. The minimum Gasteiger partial charge on any atom is -0.300 e. The zero-order valence-corrected chi connectivity index (χ0v) is 9.55. The van der Waals surface area contributed by atoms with Crippen LogP contribution in [0.25, 0.3) is 0 Å². The van der Waals surface area contributed by atoms with Crippen LogP contribution in [-0.2, 0) is 0 Å². The van der Waals surface area contributed by atoms with E-state index < -0.39 is 0 Å². The van der Waals surface area contributed by atoms with Gasteiger partial charge in [0.05, 0.1) is 0 Å². The number of nitrogens with zero attached hydrogens (tertiary/aromatic N) is 1. The van der Waals surface area contributed by atoms with E-state index in [0.717, 1.165) is 12.0 Å². The number of hydrogen-bond donors (Lipinski definition) is 0. The van der Waals surface area contributed by atoms with Crippen LogP contribution in [0, 0.1) is 5.92 Å². The van der Waals surface area contributed by atoms with Gasteiger partial charge in [0.1, 0.15) is 0 Å². The molecule has 2 atom stereocenters. The second-order valence-corrected chi connectivity index (χ2v) is 4.14. The van der Waals surface area contributed by atoms with Crippen molar-refractivity contribution in [2.75, 3.05) is 13.1 Å². The van der Waals surface area contributed by atoms with Crippen molar-refractivity contribution in [1.29, 1.82) is 0 Å². The molecule has 0 bridgehead atoms. The third-order valence-corrected chi connectivity index (χ3v) is 3.48. The Morgan fingerprint density at radius 3 is 2.62 bits per heavy atom. The lowest BCUT2D eigenvalue weighted by atomic mass is 9.92. The summed E-state index contributed by atoms with van der Waals surface area (Å²) < 4.78 is 0. The van der Waals surface area contributed by atoms with Crippen molar-refractivity contribution >= 4 is 0 Å². The number of piperidine rings is 1. The molecule has 78 valence electrons. The van der Waals surface area contributed by atoms with E-state index in [0.29, 0.717) is 0 Å². The average Bonchev–Trinajstić information content (AvgIpc) is 2.67. The second-order valence-electron chi connectivity index (χ2n) is 4.14. The Hall–Kier alpha value is -0.0400. The maximum atomic E-state index is 2.72. The van der Waals surface area contributed by atoms with E-state index >= 15 is 0 Å². The third-order valence-electron chi connectivity index (χ3n) is 3.48. The molecule has 0 aliphatic carbocycles. The highest BCUT2D eigenvalue weighted by atomic mass is 15.2. The molecule has 0 aromatic heterocycles. The van der Waals surface area contributed by atoms with Crippen LogP contribution >= 0.6 is 0 Å². The molecule has 2 fully saturated rings. The molecule has 0 saturated carbocycles. The number of hydrogen-bond acceptors (Lipinski definition) is 1. The average molecular weight is 183 g/mol. The molecule has 0 aromatic rings. The summed E-state index contributed by atoms with van der Waals surface area (Å²) in [7, 11) is 0. The summed E-state index contributed by atoms with van der Waals surface area (Å²) in [5, 5.41) is 0. The van der Waals surface area contributed by atoms with Gasteiger partial charge in [-0.2, -0.15) is 0 Å². The number of rotatable bonds is 1. The Morgan fingerprint density at radius 2 is 1.92 bits per heavy atom. The molecular formula is C12H25N. The van der Waals surface area contributed by atoms with E-state index in [2.05, 4.69) is 11.8 Å². The van der Waals surface area contributed by atoms with Gasteiger partial charge in [-0.1, -0.05) is 27.2 Å². The van der Waals surface area contributed by atoms with Crippen LogP contribution in [0.1, 0.15) is 52.9 Å². The normalized spacial score (nSPS) is 33.5. The van der Waals surface area contributed by atoms with E-state index in [-0.39, 0.29) is 0 Å². The molecule has 0 aromatic carbocycles. The van der Waals surface area contributed by atoms with Crippen LogP contribution < -0.4 is 0 Å². The van der Waals surface area contributed by atoms with E-state index in [4.69, 9.17) is 0 Å². The highest BCUT2D eigenvalue weighted by Gasteiger charge is 2.30. The fourth-order valence-electron chi connectivity index (χ4n) is 2.65. The summed E-state index contributed by atoms with van der Waals surface area (Å²) in [4.78, 5) is 2.72. The van der Waals surface area contributed by atoms with Gasteiger partial charge in [0.25, 0.3) is 0 Å². The molecule has 1 nitrogen and oxygen atoms in total. The van der Waals surface area contributed by atoms with Gasteiger partial charge in [-0.3, -0.25) is 0 Å². The SMILES string of the molecule is CC.CCC1CCC2CCCN2C1. The van der Waals surface area contributed by atoms with Gasteiger partial charge in [-0.25, -0.2) is 0 Å². The largest absolute Gasteiger partial charge is 0.300 e. The molecule has 2 saturated heterocycles. The molecule has 0 radical (unpaired) electrons. The lowest BCUT2D eigenvalue weighted by molar-refractivity contribution is 0.145. The first-order chi connectivity index (χ1) is 6.40. The van der Waals surface area contributed by atoms with E-state index in [1.807, 2.05) is 13.8 Å². The van der Waals surface area contributed by atoms with Crippen LogP contribution in [0.15, 0.2) is 0 Å². The highest BCUT2D eigenvalue weighted by molar-refractivity contribution is 4.85. The first-order valence-corrected chi connectivity index (χ1v) is 6.14. The van der Waals surface area contributed by atoms with Crippen molar-refractivity contribution < 1.29 is 0 Å². The van der Waals surface area contributed by atoms with Crippen molar-refractivity contribution in [3.8, 4) is 0 Å². The van der Waals surface area contributed by atoms with Crippen molar-refractivity contribution in [3.05, 3.63) is 0 Å². The van der Waals surface area contributed by atoms with Gasteiger partial charge in [0, 0.05) is 12.6 Å². The fourth-order valence-corrected chi connectivity index (χ4v) is 2.65. The van der Waals surface area contributed by atoms with Gasteiger partial charge in [0.15, 0.2) is 0 Å². The minimum absolute atomic E-state index is 0.984. The maximum Gasteiger partial charge on any atom is 0.00959 e. The predicted octanol–water partition coefficient (Wildman–Crippen LogP) is 3.30. The summed E-state index contributed by atoms with van der Waals surface area (Å²) >= 11 is 0. The van der Waals surface area contributed by atoms with Gasteiger partial charge in [0.2, 0.25) is 0 Å². The Morgan fingerprint density at radius 1 is 1.15 bits per heavy atom. The highest BCUT2D eigenvalue weighted by Crippen LogP contribution is 2.30. The van der Waals surface area contributed by atoms with Crippen LogP contribution in [0.2, 0.25) is 0 Å². The molecule has 2 rings (SSSR count). The van der Waals surface area contributed by atoms with Crippen molar-refractivity contribution in [1.82, 2.24) is 4.90 Å². The Kier molecular flexibility index (Phi) is 4.79. The Balaban J connectivity index is 0.000000396. The molecule has 13 heavy (non-hydrogen) atoms. The Bertz CT molecular complexity index is 133. The first-order valence-electron chi connectivity index (χ1n) is 6.14. The Labute approximate surface area is 83.5 Å². The van der Waals surface area contributed by atoms with E-state index in [1.54, 1.807) is 0 Å². The molecule has 0 spiro atoms. The second kappa shape index (κ2) is 5.64. The van der Waals surface area contributed by atoms with Crippen LogP contribution in [0.4, 0.5) is 0 Å². The zero-order chi connectivity index (χ0) is 9.68. The molecule has 0 N–H and O–H groups in total. The van der Waals surface area contributed by atoms with Gasteiger partial charge >= 0.3 is 0 Å². The van der Waals surface area contributed by atoms with Gasteiger partial charge in [-0.15, -0.1) is 0 Å². The van der Waals surface area contributed by atoms with Gasteiger partial charge < -0.3 is 4.90 Å². The van der Waals surface area contributed by atoms with E-state index in [9.17, 15) is 0 Å². The van der Waals surface area contributed by atoms with Crippen molar-refractivity contribution in [2.24, 2.45) is 5.92 Å². The van der Waals surface area contributed by atoms with Gasteiger partial charge in [-0.05, 0) is 38.1 Å². The summed E-state index contributed by atoms with van der Waals surface area (Å²) in [5.41, 5.74) is 0. The lowest BCUT2D eigenvalue weighted by Gasteiger charge is -2.34. The topological polar surface area (TPSA) is 3.24 Å². The standard InChI is InChI=1S/C10H19N.C2H6/c1-2-9-5-6-10-4-3-7-11(10)8-9;1-2/h9-10H,2-8H2,1H3;1-2H3. The zero-order valence-electron chi connectivity index (χ0n) is 9.55. The smallest absolute Gasteiger partial charge is 0.00959 e. The lowest BCUT2D eigenvalue weighted by Crippen LogP contribution is -2.38. The molecule has 0 amide bonds. The molecular weight excluding hydrogens is 158 g/mol. The summed E-state index contributed by atoms with van der Waals surface area (Å²) in [6.45, 7) is 9.13. The maximum absolute atomic E-state index is 2.72. The van der Waals surface area contributed by atoms with Crippen molar-refractivity contribution in [3.63, 3.8) is 0 Å². The van der Waals surface area contributed by atoms with Crippen LogP contribution in [0.5, 0.6) is 0 Å². The van der Waals surface area contributed by atoms with E-state index in [1.165, 1.54) is 45.2 Å². The molecule has 2 unspecified atom stereocenters. The molecule has 1 heteroatoms. The van der Waals surface area contributed by atoms with Crippen LogP contribution in [0.3, 0.4) is 0 Å². The predicted molar refractivity (Wildman–Crippen MR) is 59.0 cm³/mol. The minimum atomic E-state index is 0.984. The third kappa shape index (κ3) is 2.70. The molecule has 2 aliphatic heterocycles. The van der Waals surface area contributed by atoms with Crippen molar-refractivity contribution in [2.45, 2.75) is 58.9 Å². The summed E-state index contributed by atoms with van der Waals surface area (Å²) in [6, 6.07) is 0.984. The quantitative estimate of drug-likeness (QED) is 0.603. The summed E-state index contributed by atoms with van der Waals surface area (Å²) in [6.07, 6.45) is 7.32. The number of fused-ring (bicyclic) bond motifs is 1. The first kappa shape index (κ1) is 11.0.